The van der Waals surface area contributed by atoms with Gasteiger partial charge < -0.3 is 4.90 Å². The summed E-state index contributed by atoms with van der Waals surface area (Å²) < 4.78 is 0.735. The van der Waals surface area contributed by atoms with Crippen molar-refractivity contribution in [3.05, 3.63) is 26.3 Å². The Morgan fingerprint density at radius 3 is 3.05 bits per heavy atom. The molecular weight excluding hydrogens is 312 g/mol. The molecule has 0 aromatic carbocycles. The molecule has 106 valence electrons. The standard InChI is InChI=1S/C14H15ClN2OS2/c1-9-3-2-6-17(8-9)14-16-13(18)11(20-14)7-10-4-5-12(15)19-10/h4-5,7,9H,2-3,6,8H2,1H3. The number of amides is 1. The molecule has 6 heteroatoms. The van der Waals surface area contributed by atoms with Gasteiger partial charge in [0, 0.05) is 18.0 Å². The molecule has 1 saturated heterocycles. The van der Waals surface area contributed by atoms with Gasteiger partial charge in [-0.05, 0) is 48.7 Å². The van der Waals surface area contributed by atoms with Gasteiger partial charge in [0.25, 0.3) is 5.91 Å². The fraction of sp³-hybridized carbons (Fsp3) is 0.429. The van der Waals surface area contributed by atoms with Crippen LogP contribution in [0, 0.1) is 5.92 Å². The van der Waals surface area contributed by atoms with E-state index >= 15 is 0 Å². The third-order valence-corrected chi connectivity index (χ3v) is 5.63. The Morgan fingerprint density at radius 1 is 1.50 bits per heavy atom. The molecule has 3 rings (SSSR count). The summed E-state index contributed by atoms with van der Waals surface area (Å²) in [6.45, 7) is 4.25. The first-order valence-electron chi connectivity index (χ1n) is 6.64. The molecule has 1 fully saturated rings. The number of carbonyl (C=O) groups excluding carboxylic acids is 1. The number of hydrogen-bond acceptors (Lipinski definition) is 4. The molecule has 1 amide bonds. The van der Waals surface area contributed by atoms with Crippen molar-refractivity contribution in [3.8, 4) is 0 Å². The highest BCUT2D eigenvalue weighted by Gasteiger charge is 2.28. The highest BCUT2D eigenvalue weighted by Crippen LogP contribution is 2.33. The number of rotatable bonds is 1. The second-order valence-electron chi connectivity index (χ2n) is 5.15. The Balaban J connectivity index is 1.73. The Kier molecular flexibility index (Phi) is 4.19. The average Bonchev–Trinajstić information content (AvgIpc) is 2.97. The summed E-state index contributed by atoms with van der Waals surface area (Å²) in [5, 5.41) is 0.857. The smallest absolute Gasteiger partial charge is 0.286 e. The lowest BCUT2D eigenvalue weighted by atomic mass is 10.0. The lowest BCUT2D eigenvalue weighted by Crippen LogP contribution is -2.37. The van der Waals surface area contributed by atoms with Gasteiger partial charge >= 0.3 is 0 Å². The Bertz CT molecular complexity index is 594. The molecule has 0 aliphatic carbocycles. The Labute approximate surface area is 131 Å². The van der Waals surface area contributed by atoms with Crippen LogP contribution < -0.4 is 0 Å². The fourth-order valence-electron chi connectivity index (χ4n) is 2.43. The van der Waals surface area contributed by atoms with E-state index in [4.69, 9.17) is 11.6 Å². The average molecular weight is 327 g/mol. The third kappa shape index (κ3) is 3.10. The number of carbonyl (C=O) groups is 1. The van der Waals surface area contributed by atoms with Gasteiger partial charge in [0.2, 0.25) is 0 Å². The van der Waals surface area contributed by atoms with Crippen molar-refractivity contribution in [1.82, 2.24) is 4.90 Å². The van der Waals surface area contributed by atoms with E-state index in [1.807, 2.05) is 18.2 Å². The van der Waals surface area contributed by atoms with E-state index < -0.39 is 0 Å². The molecule has 2 aliphatic heterocycles. The van der Waals surface area contributed by atoms with Gasteiger partial charge in [-0.3, -0.25) is 4.79 Å². The van der Waals surface area contributed by atoms with Gasteiger partial charge in [-0.2, -0.15) is 4.99 Å². The van der Waals surface area contributed by atoms with Crippen molar-refractivity contribution in [2.45, 2.75) is 19.8 Å². The molecule has 1 unspecified atom stereocenters. The molecular formula is C14H15ClN2OS2. The van der Waals surface area contributed by atoms with Gasteiger partial charge in [0.15, 0.2) is 5.17 Å². The van der Waals surface area contributed by atoms with Crippen molar-refractivity contribution in [1.29, 1.82) is 0 Å². The molecule has 3 heterocycles. The van der Waals surface area contributed by atoms with Gasteiger partial charge in [-0.25, -0.2) is 0 Å². The molecule has 0 radical (unpaired) electrons. The molecule has 0 spiro atoms. The summed E-state index contributed by atoms with van der Waals surface area (Å²) >= 11 is 8.86. The molecule has 20 heavy (non-hydrogen) atoms. The molecule has 3 nitrogen and oxygen atoms in total. The lowest BCUT2D eigenvalue weighted by molar-refractivity contribution is -0.113. The van der Waals surface area contributed by atoms with Crippen molar-refractivity contribution >= 4 is 51.9 Å². The molecule has 1 aromatic heterocycles. The summed E-state index contributed by atoms with van der Waals surface area (Å²) in [6.07, 6.45) is 4.32. The normalized spacial score (nSPS) is 25.4. The number of halogens is 1. The van der Waals surface area contributed by atoms with Gasteiger partial charge in [-0.1, -0.05) is 18.5 Å². The zero-order valence-electron chi connectivity index (χ0n) is 11.1. The molecule has 1 aromatic rings. The highest BCUT2D eigenvalue weighted by molar-refractivity contribution is 8.18. The van der Waals surface area contributed by atoms with E-state index in [0.717, 1.165) is 27.5 Å². The zero-order chi connectivity index (χ0) is 14.1. The minimum atomic E-state index is -0.132. The van der Waals surface area contributed by atoms with Crippen molar-refractivity contribution in [2.24, 2.45) is 10.9 Å². The summed E-state index contributed by atoms with van der Waals surface area (Å²) in [7, 11) is 0. The van der Waals surface area contributed by atoms with E-state index in [-0.39, 0.29) is 5.91 Å². The number of nitrogens with zero attached hydrogens (tertiary/aromatic N) is 2. The third-order valence-electron chi connectivity index (χ3n) is 3.40. The number of aliphatic imine (C=N–C) groups is 1. The van der Waals surface area contributed by atoms with Gasteiger partial charge in [0.05, 0.1) is 9.24 Å². The molecule has 1 atom stereocenters. The van der Waals surface area contributed by atoms with E-state index in [9.17, 15) is 4.79 Å². The summed E-state index contributed by atoms with van der Waals surface area (Å²) in [5.41, 5.74) is 0. The van der Waals surface area contributed by atoms with Crippen molar-refractivity contribution in [2.75, 3.05) is 13.1 Å². The fourth-order valence-corrected chi connectivity index (χ4v) is 4.45. The summed E-state index contributed by atoms with van der Waals surface area (Å²) in [5.74, 6) is 0.541. The molecule has 0 bridgehead atoms. The van der Waals surface area contributed by atoms with E-state index in [0.29, 0.717) is 10.8 Å². The van der Waals surface area contributed by atoms with Crippen LogP contribution in [0.4, 0.5) is 0 Å². The Hall–Kier alpha value is -0.780. The topological polar surface area (TPSA) is 32.7 Å². The van der Waals surface area contributed by atoms with Crippen LogP contribution in [0.2, 0.25) is 4.34 Å². The van der Waals surface area contributed by atoms with E-state index in [1.54, 1.807) is 0 Å². The Morgan fingerprint density at radius 2 is 2.35 bits per heavy atom. The predicted molar refractivity (Wildman–Crippen MR) is 87.3 cm³/mol. The second-order valence-corrected chi connectivity index (χ2v) is 7.90. The largest absolute Gasteiger partial charge is 0.351 e. The zero-order valence-corrected chi connectivity index (χ0v) is 13.5. The highest BCUT2D eigenvalue weighted by atomic mass is 35.5. The lowest BCUT2D eigenvalue weighted by Gasteiger charge is -2.31. The molecule has 2 aliphatic rings. The van der Waals surface area contributed by atoms with Crippen LogP contribution in [0.5, 0.6) is 0 Å². The number of likely N-dealkylation sites (tertiary alicyclic amines) is 1. The monoisotopic (exact) mass is 326 g/mol. The van der Waals surface area contributed by atoms with Crippen LogP contribution in [0.1, 0.15) is 24.6 Å². The minimum Gasteiger partial charge on any atom is -0.351 e. The van der Waals surface area contributed by atoms with Crippen LogP contribution in [-0.4, -0.2) is 29.1 Å². The molecule has 0 saturated carbocycles. The predicted octanol–water partition coefficient (Wildman–Crippen LogP) is 4.10. The second kappa shape index (κ2) is 5.92. The van der Waals surface area contributed by atoms with Crippen LogP contribution >= 0.6 is 34.7 Å². The number of thioether (sulfide) groups is 1. The maximum Gasteiger partial charge on any atom is 0.286 e. The minimum absolute atomic E-state index is 0.132. The van der Waals surface area contributed by atoms with E-state index in [2.05, 4.69) is 16.8 Å². The van der Waals surface area contributed by atoms with Gasteiger partial charge in [0.1, 0.15) is 0 Å². The maximum absolute atomic E-state index is 12.0. The number of hydrogen-bond donors (Lipinski definition) is 0. The first-order valence-corrected chi connectivity index (χ1v) is 8.66. The molecule has 0 N–H and O–H groups in total. The number of piperidine rings is 1. The van der Waals surface area contributed by atoms with Crippen LogP contribution in [0.15, 0.2) is 22.0 Å². The number of amidine groups is 1. The number of thiophene rings is 1. The van der Waals surface area contributed by atoms with Crippen LogP contribution in [0.25, 0.3) is 6.08 Å². The van der Waals surface area contributed by atoms with Crippen LogP contribution in [0.3, 0.4) is 0 Å². The first kappa shape index (κ1) is 14.2. The maximum atomic E-state index is 12.0. The summed E-state index contributed by atoms with van der Waals surface area (Å²) in [6, 6.07) is 3.77. The first-order chi connectivity index (χ1) is 9.61. The summed E-state index contributed by atoms with van der Waals surface area (Å²) in [4.78, 5) is 20.1. The van der Waals surface area contributed by atoms with E-state index in [1.165, 1.54) is 35.9 Å². The van der Waals surface area contributed by atoms with Gasteiger partial charge in [-0.15, -0.1) is 11.3 Å². The SMILES string of the molecule is CC1CCCN(C2=NC(=O)C(=Cc3ccc(Cl)s3)S2)C1. The quantitative estimate of drug-likeness (QED) is 0.728. The van der Waals surface area contributed by atoms with Crippen molar-refractivity contribution in [3.63, 3.8) is 0 Å². The van der Waals surface area contributed by atoms with Crippen molar-refractivity contribution < 1.29 is 4.79 Å². The van der Waals surface area contributed by atoms with Crippen LogP contribution in [-0.2, 0) is 4.79 Å².